The first kappa shape index (κ1) is 16.2. The molecule has 1 N–H and O–H groups in total. The van der Waals surface area contributed by atoms with Gasteiger partial charge >= 0.3 is 6.03 Å². The Morgan fingerprint density at radius 2 is 2.17 bits per heavy atom. The van der Waals surface area contributed by atoms with Gasteiger partial charge in [-0.2, -0.15) is 0 Å². The van der Waals surface area contributed by atoms with Gasteiger partial charge in [-0.1, -0.05) is 17.4 Å². The van der Waals surface area contributed by atoms with Crippen LogP contribution in [-0.4, -0.2) is 53.6 Å². The van der Waals surface area contributed by atoms with Gasteiger partial charge in [0.2, 0.25) is 0 Å². The molecule has 0 spiro atoms. The lowest BCUT2D eigenvalue weighted by molar-refractivity contribution is -0.384. The minimum absolute atomic E-state index is 0.0707. The van der Waals surface area contributed by atoms with E-state index in [9.17, 15) is 14.9 Å². The van der Waals surface area contributed by atoms with E-state index < -0.39 is 4.92 Å². The van der Waals surface area contributed by atoms with Crippen LogP contribution >= 0.6 is 11.3 Å². The molecule has 2 heterocycles. The molecule has 1 fully saturated rings. The van der Waals surface area contributed by atoms with Crippen LogP contribution in [0.3, 0.4) is 0 Å². The molecule has 9 heteroatoms. The van der Waals surface area contributed by atoms with Crippen LogP contribution in [0, 0.1) is 10.1 Å². The summed E-state index contributed by atoms with van der Waals surface area (Å²) in [6.45, 7) is 6.62. The number of anilines is 1. The number of hydrogen-bond donors (Lipinski definition) is 1. The van der Waals surface area contributed by atoms with Crippen LogP contribution in [-0.2, 0) is 0 Å². The van der Waals surface area contributed by atoms with E-state index in [-0.39, 0.29) is 11.7 Å². The third-order valence-corrected chi connectivity index (χ3v) is 4.89. The zero-order valence-corrected chi connectivity index (χ0v) is 13.8. The number of rotatable bonds is 4. The second kappa shape index (κ2) is 6.83. The highest BCUT2D eigenvalue weighted by Crippen LogP contribution is 2.31. The Kier molecular flexibility index (Phi) is 4.61. The molecule has 2 aromatic rings. The third kappa shape index (κ3) is 3.30. The number of carbonyl (C=O) groups is 1. The summed E-state index contributed by atoms with van der Waals surface area (Å²) in [6, 6.07) is 4.60. The molecule has 2 amide bonds. The second-order valence-electron chi connectivity index (χ2n) is 5.35. The van der Waals surface area contributed by atoms with Crippen molar-refractivity contribution in [1.82, 2.24) is 15.2 Å². The Hall–Kier alpha value is -2.68. The number of amides is 2. The molecule has 0 bridgehead atoms. The summed E-state index contributed by atoms with van der Waals surface area (Å²) in [5.74, 6) is 0. The average Bonchev–Trinajstić information content (AvgIpc) is 3.02. The van der Waals surface area contributed by atoms with Crippen LogP contribution in [0.1, 0.15) is 0 Å². The molecule has 0 unspecified atom stereocenters. The number of piperazine rings is 1. The van der Waals surface area contributed by atoms with E-state index in [1.165, 1.54) is 17.4 Å². The normalized spacial score (nSPS) is 14.7. The monoisotopic (exact) mass is 347 g/mol. The maximum Gasteiger partial charge on any atom is 0.317 e. The molecule has 1 aromatic heterocycles. The topological polar surface area (TPSA) is 91.6 Å². The number of fused-ring (bicyclic) bond motifs is 1. The molecule has 0 radical (unpaired) electrons. The predicted octanol–water partition coefficient (Wildman–Crippen LogP) is 2.22. The smallest absolute Gasteiger partial charge is 0.317 e. The van der Waals surface area contributed by atoms with Crippen LogP contribution in [0.25, 0.3) is 10.2 Å². The predicted molar refractivity (Wildman–Crippen MR) is 93.7 cm³/mol. The number of urea groups is 1. The van der Waals surface area contributed by atoms with Gasteiger partial charge in [0.15, 0.2) is 5.13 Å². The Morgan fingerprint density at radius 3 is 2.83 bits per heavy atom. The Morgan fingerprint density at radius 1 is 1.42 bits per heavy atom. The van der Waals surface area contributed by atoms with Crippen LogP contribution in [0.5, 0.6) is 0 Å². The molecule has 3 rings (SSSR count). The highest BCUT2D eigenvalue weighted by atomic mass is 32.1. The van der Waals surface area contributed by atoms with E-state index in [0.29, 0.717) is 32.7 Å². The van der Waals surface area contributed by atoms with Gasteiger partial charge in [-0.15, -0.1) is 6.58 Å². The molecule has 1 saturated heterocycles. The number of nitro groups is 1. The minimum Gasteiger partial charge on any atom is -0.345 e. The number of aromatic nitrogens is 1. The average molecular weight is 347 g/mol. The van der Waals surface area contributed by atoms with E-state index in [2.05, 4.69) is 21.8 Å². The zero-order chi connectivity index (χ0) is 17.1. The van der Waals surface area contributed by atoms with Crippen LogP contribution in [0.4, 0.5) is 15.6 Å². The van der Waals surface area contributed by atoms with E-state index in [1.807, 2.05) is 0 Å². The first-order chi connectivity index (χ1) is 11.6. The minimum atomic E-state index is -0.403. The molecule has 126 valence electrons. The molecule has 1 aromatic carbocycles. The van der Waals surface area contributed by atoms with Crippen molar-refractivity contribution in [3.05, 3.63) is 41.0 Å². The Bertz CT molecular complexity index is 783. The highest BCUT2D eigenvalue weighted by Gasteiger charge is 2.23. The lowest BCUT2D eigenvalue weighted by atomic mass is 10.3. The van der Waals surface area contributed by atoms with Crippen molar-refractivity contribution in [2.75, 3.05) is 37.6 Å². The largest absolute Gasteiger partial charge is 0.345 e. The van der Waals surface area contributed by atoms with Crippen LogP contribution in [0.15, 0.2) is 30.9 Å². The molecule has 1 aliphatic rings. The number of nitrogens with zero attached hydrogens (tertiary/aromatic N) is 4. The van der Waals surface area contributed by atoms with E-state index >= 15 is 0 Å². The van der Waals surface area contributed by atoms with Crippen LogP contribution < -0.4 is 10.2 Å². The number of carbonyl (C=O) groups excluding carboxylic acids is 1. The quantitative estimate of drug-likeness (QED) is 0.520. The van der Waals surface area contributed by atoms with Gasteiger partial charge in [0, 0.05) is 44.9 Å². The standard InChI is InChI=1S/C15H17N5O3S/c1-2-5-16-14(21)18-6-8-19(9-7-18)15-17-12-4-3-11(20(22)23)10-13(12)24-15/h2-4,10H,1,5-9H2,(H,16,21). The molecular formula is C15H17N5O3S. The van der Waals surface area contributed by atoms with Crippen molar-refractivity contribution < 1.29 is 9.72 Å². The van der Waals surface area contributed by atoms with Gasteiger partial charge in [0.1, 0.15) is 0 Å². The second-order valence-corrected chi connectivity index (χ2v) is 6.36. The SMILES string of the molecule is C=CCNC(=O)N1CCN(c2nc3ccc([N+](=O)[O-])cc3s2)CC1. The lowest BCUT2D eigenvalue weighted by Gasteiger charge is -2.34. The summed E-state index contributed by atoms with van der Waals surface area (Å²) < 4.78 is 0.797. The van der Waals surface area contributed by atoms with Gasteiger partial charge < -0.3 is 15.1 Å². The van der Waals surface area contributed by atoms with E-state index in [0.717, 1.165) is 15.3 Å². The summed E-state index contributed by atoms with van der Waals surface area (Å²) in [4.78, 5) is 30.8. The van der Waals surface area contributed by atoms with E-state index in [4.69, 9.17) is 0 Å². The molecule has 1 aliphatic heterocycles. The van der Waals surface area contributed by atoms with Crippen molar-refractivity contribution in [1.29, 1.82) is 0 Å². The van der Waals surface area contributed by atoms with Crippen molar-refractivity contribution >= 4 is 38.4 Å². The zero-order valence-electron chi connectivity index (χ0n) is 13.0. The summed E-state index contributed by atoms with van der Waals surface area (Å²) >= 11 is 1.44. The molecule has 0 aliphatic carbocycles. The summed E-state index contributed by atoms with van der Waals surface area (Å²) in [6.07, 6.45) is 1.65. The number of nitrogens with one attached hydrogen (secondary N) is 1. The number of benzene rings is 1. The fourth-order valence-electron chi connectivity index (χ4n) is 2.52. The molecule has 24 heavy (non-hydrogen) atoms. The van der Waals surface area contributed by atoms with Gasteiger partial charge in [0.25, 0.3) is 5.69 Å². The Labute approximate surface area is 142 Å². The first-order valence-electron chi connectivity index (χ1n) is 7.52. The first-order valence-corrected chi connectivity index (χ1v) is 8.34. The Balaban J connectivity index is 1.68. The van der Waals surface area contributed by atoms with Gasteiger partial charge in [0.05, 0.1) is 15.1 Å². The van der Waals surface area contributed by atoms with Crippen LogP contribution in [0.2, 0.25) is 0 Å². The van der Waals surface area contributed by atoms with Crippen molar-refractivity contribution in [2.24, 2.45) is 0 Å². The number of hydrogen-bond acceptors (Lipinski definition) is 6. The maximum atomic E-state index is 11.9. The molecular weight excluding hydrogens is 330 g/mol. The fraction of sp³-hybridized carbons (Fsp3) is 0.333. The summed E-state index contributed by atoms with van der Waals surface area (Å²) in [5.41, 5.74) is 0.827. The van der Waals surface area contributed by atoms with E-state index in [1.54, 1.807) is 23.1 Å². The van der Waals surface area contributed by atoms with Gasteiger partial charge in [-0.25, -0.2) is 9.78 Å². The van der Waals surface area contributed by atoms with Gasteiger partial charge in [-0.05, 0) is 6.07 Å². The van der Waals surface area contributed by atoms with Gasteiger partial charge in [-0.3, -0.25) is 10.1 Å². The van der Waals surface area contributed by atoms with Crippen molar-refractivity contribution in [3.8, 4) is 0 Å². The fourth-order valence-corrected chi connectivity index (χ4v) is 3.57. The molecule has 0 atom stereocenters. The van der Waals surface area contributed by atoms with Crippen molar-refractivity contribution in [2.45, 2.75) is 0 Å². The molecule has 0 saturated carbocycles. The molecule has 8 nitrogen and oxygen atoms in total. The number of non-ortho nitro benzene ring substituents is 1. The summed E-state index contributed by atoms with van der Waals surface area (Å²) in [7, 11) is 0. The summed E-state index contributed by atoms with van der Waals surface area (Å²) in [5, 5.41) is 14.5. The van der Waals surface area contributed by atoms with Crippen molar-refractivity contribution in [3.63, 3.8) is 0 Å². The maximum absolute atomic E-state index is 11.9. The number of nitro benzene ring substituents is 1. The highest BCUT2D eigenvalue weighted by molar-refractivity contribution is 7.22. The third-order valence-electron chi connectivity index (χ3n) is 3.81. The number of thiazole rings is 1. The lowest BCUT2D eigenvalue weighted by Crippen LogP contribution is -2.51.